The molecule has 2 aliphatic heterocycles. The van der Waals surface area contributed by atoms with E-state index >= 15 is 0 Å². The topological polar surface area (TPSA) is 62.2 Å². The normalized spacial score (nSPS) is 19.5. The maximum absolute atomic E-state index is 13.0. The van der Waals surface area contributed by atoms with Crippen LogP contribution in [-0.4, -0.2) is 63.0 Å². The van der Waals surface area contributed by atoms with Gasteiger partial charge in [0.25, 0.3) is 10.0 Å². The average molecular weight is 323 g/mol. The highest BCUT2D eigenvalue weighted by Crippen LogP contribution is 2.24. The molecule has 2 heterocycles. The highest BCUT2D eigenvalue weighted by Gasteiger charge is 2.34. The van der Waals surface area contributed by atoms with Crippen molar-refractivity contribution in [2.45, 2.75) is 18.7 Å². The zero-order chi connectivity index (χ0) is 15.7. The van der Waals surface area contributed by atoms with Crippen LogP contribution in [0.2, 0.25) is 0 Å². The molecule has 0 amide bonds. The van der Waals surface area contributed by atoms with Gasteiger partial charge >= 0.3 is 0 Å². The molecule has 7 heteroatoms. The Balaban J connectivity index is 1.92. The van der Waals surface area contributed by atoms with E-state index in [0.717, 1.165) is 11.1 Å². The quantitative estimate of drug-likeness (QED) is 0.814. The smallest absolute Gasteiger partial charge is 0.266 e. The van der Waals surface area contributed by atoms with Gasteiger partial charge in [0.1, 0.15) is 0 Å². The van der Waals surface area contributed by atoms with Gasteiger partial charge in [0.2, 0.25) is 5.96 Å². The Morgan fingerprint density at radius 1 is 1.14 bits per heavy atom. The Hall–Kier alpha value is -1.60. The van der Waals surface area contributed by atoms with E-state index in [-0.39, 0.29) is 0 Å². The molecule has 0 atom stereocenters. The minimum atomic E-state index is -3.56. The third kappa shape index (κ3) is 2.70. The number of rotatable bonds is 2. The summed E-state index contributed by atoms with van der Waals surface area (Å²) in [5.41, 5.74) is 1.83. The molecular formula is C15H21N3O3S. The summed E-state index contributed by atoms with van der Waals surface area (Å²) in [5.74, 6) is 0.559. The van der Waals surface area contributed by atoms with Gasteiger partial charge in [-0.15, -0.1) is 0 Å². The van der Waals surface area contributed by atoms with E-state index in [1.165, 1.54) is 4.31 Å². The third-order valence-corrected chi connectivity index (χ3v) is 5.91. The number of benzene rings is 1. The second-order valence-corrected chi connectivity index (χ2v) is 7.46. The fraction of sp³-hybridized carbons (Fsp3) is 0.533. The Bertz CT molecular complexity index is 694. The first-order valence-electron chi connectivity index (χ1n) is 7.47. The lowest BCUT2D eigenvalue weighted by atomic mass is 10.2. The van der Waals surface area contributed by atoms with Gasteiger partial charge in [-0.3, -0.25) is 4.99 Å². The summed E-state index contributed by atoms with van der Waals surface area (Å²) >= 11 is 0. The van der Waals surface area contributed by atoms with E-state index in [0.29, 0.717) is 50.2 Å². The number of aryl methyl sites for hydroxylation is 2. The lowest BCUT2D eigenvalue weighted by Crippen LogP contribution is -2.49. The predicted octanol–water partition coefficient (Wildman–Crippen LogP) is 0.996. The van der Waals surface area contributed by atoms with Crippen LogP contribution in [0.4, 0.5) is 0 Å². The van der Waals surface area contributed by atoms with Crippen molar-refractivity contribution >= 4 is 16.0 Å². The first-order valence-corrected chi connectivity index (χ1v) is 8.91. The molecule has 0 bridgehead atoms. The zero-order valence-electron chi connectivity index (χ0n) is 12.9. The molecule has 0 spiro atoms. The van der Waals surface area contributed by atoms with Crippen molar-refractivity contribution in [1.29, 1.82) is 0 Å². The summed E-state index contributed by atoms with van der Waals surface area (Å²) in [5, 5.41) is 0. The summed E-state index contributed by atoms with van der Waals surface area (Å²) < 4.78 is 32.8. The molecule has 2 aliphatic rings. The second kappa shape index (κ2) is 5.89. The van der Waals surface area contributed by atoms with Crippen LogP contribution in [0.25, 0.3) is 0 Å². The van der Waals surface area contributed by atoms with Gasteiger partial charge in [-0.2, -0.15) is 0 Å². The zero-order valence-corrected chi connectivity index (χ0v) is 13.8. The number of hydrogen-bond donors (Lipinski definition) is 0. The summed E-state index contributed by atoms with van der Waals surface area (Å²) in [6, 6.07) is 5.42. The summed E-state index contributed by atoms with van der Waals surface area (Å²) in [6.07, 6.45) is 0. The van der Waals surface area contributed by atoms with Gasteiger partial charge in [0.05, 0.1) is 31.2 Å². The van der Waals surface area contributed by atoms with Crippen molar-refractivity contribution in [2.75, 3.05) is 39.4 Å². The van der Waals surface area contributed by atoms with E-state index in [4.69, 9.17) is 4.74 Å². The molecule has 0 aliphatic carbocycles. The van der Waals surface area contributed by atoms with Gasteiger partial charge in [0.15, 0.2) is 0 Å². The van der Waals surface area contributed by atoms with E-state index in [9.17, 15) is 8.42 Å². The number of ether oxygens (including phenoxy) is 1. The molecule has 0 aromatic heterocycles. The molecule has 120 valence electrons. The standard InChI is InChI=1S/C15H21N3O3S/c1-12-3-4-14(13(2)11-12)22(19,20)18-6-5-16-15(18)17-7-9-21-10-8-17/h3-4,11H,5-10H2,1-2H3. The summed E-state index contributed by atoms with van der Waals surface area (Å²) in [6.45, 7) is 7.28. The molecule has 0 saturated carbocycles. The minimum Gasteiger partial charge on any atom is -0.378 e. The van der Waals surface area contributed by atoms with Crippen LogP contribution in [0, 0.1) is 13.8 Å². The number of morpholine rings is 1. The molecular weight excluding hydrogens is 302 g/mol. The molecule has 0 radical (unpaired) electrons. The van der Waals surface area contributed by atoms with Crippen LogP contribution in [0.1, 0.15) is 11.1 Å². The number of nitrogens with zero attached hydrogens (tertiary/aromatic N) is 3. The molecule has 22 heavy (non-hydrogen) atoms. The van der Waals surface area contributed by atoms with Crippen molar-refractivity contribution in [3.8, 4) is 0 Å². The Labute approximate surface area is 131 Å². The minimum absolute atomic E-state index is 0.362. The molecule has 1 fully saturated rings. The SMILES string of the molecule is Cc1ccc(S(=O)(=O)N2CCN=C2N2CCOCC2)c(C)c1. The van der Waals surface area contributed by atoms with Crippen molar-refractivity contribution in [2.24, 2.45) is 4.99 Å². The van der Waals surface area contributed by atoms with Crippen molar-refractivity contribution in [3.63, 3.8) is 0 Å². The molecule has 1 saturated heterocycles. The maximum atomic E-state index is 13.0. The fourth-order valence-electron chi connectivity index (χ4n) is 2.88. The molecule has 6 nitrogen and oxygen atoms in total. The molecule has 1 aromatic carbocycles. The monoisotopic (exact) mass is 323 g/mol. The Morgan fingerprint density at radius 2 is 1.86 bits per heavy atom. The van der Waals surface area contributed by atoms with Gasteiger partial charge < -0.3 is 9.64 Å². The third-order valence-electron chi connectivity index (χ3n) is 3.97. The highest BCUT2D eigenvalue weighted by atomic mass is 32.2. The van der Waals surface area contributed by atoms with E-state index in [1.807, 2.05) is 30.9 Å². The fourth-order valence-corrected chi connectivity index (χ4v) is 4.53. The van der Waals surface area contributed by atoms with Crippen LogP contribution in [-0.2, 0) is 14.8 Å². The van der Waals surface area contributed by atoms with Crippen molar-refractivity contribution in [1.82, 2.24) is 9.21 Å². The van der Waals surface area contributed by atoms with Crippen LogP contribution in [0.15, 0.2) is 28.1 Å². The first-order chi connectivity index (χ1) is 10.5. The van der Waals surface area contributed by atoms with E-state index in [1.54, 1.807) is 6.07 Å². The number of hydrogen-bond acceptors (Lipinski definition) is 5. The number of aliphatic imine (C=N–C) groups is 1. The molecule has 0 N–H and O–H groups in total. The van der Waals surface area contributed by atoms with Gasteiger partial charge in [-0.05, 0) is 25.5 Å². The highest BCUT2D eigenvalue weighted by molar-refractivity contribution is 7.89. The average Bonchev–Trinajstić information content (AvgIpc) is 2.98. The first kappa shape index (κ1) is 15.3. The van der Waals surface area contributed by atoms with Crippen molar-refractivity contribution in [3.05, 3.63) is 29.3 Å². The van der Waals surface area contributed by atoms with Crippen LogP contribution in [0.3, 0.4) is 0 Å². The number of sulfonamides is 1. The summed E-state index contributed by atoms with van der Waals surface area (Å²) in [4.78, 5) is 6.77. The molecule has 3 rings (SSSR count). The second-order valence-electron chi connectivity index (χ2n) is 5.63. The Morgan fingerprint density at radius 3 is 2.55 bits per heavy atom. The largest absolute Gasteiger partial charge is 0.378 e. The van der Waals surface area contributed by atoms with E-state index in [2.05, 4.69) is 4.99 Å². The van der Waals surface area contributed by atoms with Crippen molar-refractivity contribution < 1.29 is 13.2 Å². The predicted molar refractivity (Wildman–Crippen MR) is 84.5 cm³/mol. The van der Waals surface area contributed by atoms with Gasteiger partial charge in [-0.25, -0.2) is 12.7 Å². The Kier molecular flexibility index (Phi) is 4.10. The lowest BCUT2D eigenvalue weighted by Gasteiger charge is -2.33. The number of guanidine groups is 1. The van der Waals surface area contributed by atoms with Gasteiger partial charge in [0, 0.05) is 13.1 Å². The van der Waals surface area contributed by atoms with Crippen LogP contribution >= 0.6 is 0 Å². The van der Waals surface area contributed by atoms with Crippen LogP contribution in [0.5, 0.6) is 0 Å². The maximum Gasteiger partial charge on any atom is 0.266 e. The molecule has 0 unspecified atom stereocenters. The van der Waals surface area contributed by atoms with Crippen LogP contribution < -0.4 is 0 Å². The van der Waals surface area contributed by atoms with E-state index < -0.39 is 10.0 Å². The van der Waals surface area contributed by atoms with Gasteiger partial charge in [-0.1, -0.05) is 17.7 Å². The summed E-state index contributed by atoms with van der Waals surface area (Å²) in [7, 11) is -3.56. The lowest BCUT2D eigenvalue weighted by molar-refractivity contribution is 0.0652. The molecule has 1 aromatic rings.